The van der Waals surface area contributed by atoms with Crippen molar-refractivity contribution in [1.29, 1.82) is 0 Å². The van der Waals surface area contributed by atoms with Crippen LogP contribution in [-0.2, 0) is 6.54 Å². The number of hydrogen-bond acceptors (Lipinski definition) is 4. The lowest BCUT2D eigenvalue weighted by Crippen LogP contribution is -2.40. The molecule has 24 heavy (non-hydrogen) atoms. The molecule has 1 saturated heterocycles. The Balaban J connectivity index is 1.48. The van der Waals surface area contributed by atoms with Crippen molar-refractivity contribution in [3.05, 3.63) is 36.1 Å². The Labute approximate surface area is 141 Å². The van der Waals surface area contributed by atoms with Crippen molar-refractivity contribution in [3.8, 4) is 0 Å². The van der Waals surface area contributed by atoms with E-state index in [4.69, 9.17) is 4.42 Å². The van der Waals surface area contributed by atoms with Gasteiger partial charge in [0.15, 0.2) is 12.1 Å². The predicted molar refractivity (Wildman–Crippen MR) is 88.7 cm³/mol. The van der Waals surface area contributed by atoms with Crippen molar-refractivity contribution < 1.29 is 9.21 Å². The van der Waals surface area contributed by atoms with Crippen molar-refractivity contribution in [2.75, 3.05) is 13.1 Å². The number of amides is 1. The van der Waals surface area contributed by atoms with Crippen molar-refractivity contribution in [2.45, 2.75) is 51.5 Å². The van der Waals surface area contributed by atoms with Gasteiger partial charge in [-0.2, -0.15) is 0 Å². The molecular formula is C18H24N4O2. The van der Waals surface area contributed by atoms with Crippen LogP contribution in [-0.4, -0.2) is 38.4 Å². The Bertz CT molecular complexity index is 716. The van der Waals surface area contributed by atoms with E-state index in [-0.39, 0.29) is 5.91 Å². The molecule has 3 heterocycles. The molecule has 2 fully saturated rings. The molecule has 0 unspecified atom stereocenters. The van der Waals surface area contributed by atoms with Gasteiger partial charge in [0, 0.05) is 37.9 Å². The van der Waals surface area contributed by atoms with Crippen LogP contribution in [0.5, 0.6) is 0 Å². The molecule has 0 bridgehead atoms. The molecule has 6 nitrogen and oxygen atoms in total. The Morgan fingerprint density at radius 2 is 2.17 bits per heavy atom. The van der Waals surface area contributed by atoms with Gasteiger partial charge in [-0.3, -0.25) is 4.79 Å². The molecule has 6 heteroatoms. The maximum Gasteiger partial charge on any atom is 0.276 e. The molecule has 1 amide bonds. The molecule has 1 aliphatic carbocycles. The van der Waals surface area contributed by atoms with Gasteiger partial charge in [0.05, 0.1) is 0 Å². The highest BCUT2D eigenvalue weighted by atomic mass is 16.3. The molecule has 0 radical (unpaired) electrons. The molecule has 1 atom stereocenters. The quantitative estimate of drug-likeness (QED) is 0.865. The summed E-state index contributed by atoms with van der Waals surface area (Å²) in [4.78, 5) is 23.3. The van der Waals surface area contributed by atoms with Crippen LogP contribution in [0, 0.1) is 12.8 Å². The van der Waals surface area contributed by atoms with Crippen LogP contribution in [0.4, 0.5) is 0 Å². The van der Waals surface area contributed by atoms with Gasteiger partial charge >= 0.3 is 0 Å². The summed E-state index contributed by atoms with van der Waals surface area (Å²) in [6.45, 7) is 4.35. The molecule has 2 aliphatic rings. The van der Waals surface area contributed by atoms with Gasteiger partial charge in [-0.25, -0.2) is 9.97 Å². The van der Waals surface area contributed by atoms with E-state index in [1.54, 1.807) is 6.92 Å². The summed E-state index contributed by atoms with van der Waals surface area (Å²) in [7, 11) is 0. The van der Waals surface area contributed by atoms with Gasteiger partial charge in [-0.1, -0.05) is 6.42 Å². The first kappa shape index (κ1) is 15.4. The first-order valence-corrected chi connectivity index (χ1v) is 8.92. The fraction of sp³-hybridized carbons (Fsp3) is 0.611. The average Bonchev–Trinajstić information content (AvgIpc) is 3.19. The number of aromatic nitrogens is 3. The van der Waals surface area contributed by atoms with Crippen molar-refractivity contribution in [2.24, 2.45) is 5.92 Å². The van der Waals surface area contributed by atoms with E-state index < -0.39 is 0 Å². The van der Waals surface area contributed by atoms with Gasteiger partial charge in [0.2, 0.25) is 0 Å². The molecule has 0 aromatic carbocycles. The number of hydrogen-bond donors (Lipinski definition) is 0. The van der Waals surface area contributed by atoms with Gasteiger partial charge < -0.3 is 13.9 Å². The predicted octanol–water partition coefficient (Wildman–Crippen LogP) is 3.00. The van der Waals surface area contributed by atoms with E-state index in [0.717, 1.165) is 37.7 Å². The third kappa shape index (κ3) is 2.85. The zero-order chi connectivity index (χ0) is 16.5. The standard InChI is InChI=1S/C18H24N4O2/c1-13-16(20-12-24-13)18(23)22-8-3-6-15(11-22)17-19-7-9-21(17)10-14-4-2-5-14/h7,9,12,14-15H,2-6,8,10-11H2,1H3/t15-/m0/s1. The van der Waals surface area contributed by atoms with E-state index in [1.807, 2.05) is 11.1 Å². The molecule has 2 aromatic rings. The lowest BCUT2D eigenvalue weighted by Gasteiger charge is -2.33. The van der Waals surface area contributed by atoms with E-state index in [9.17, 15) is 4.79 Å². The Morgan fingerprint density at radius 1 is 1.29 bits per heavy atom. The number of carbonyl (C=O) groups is 1. The number of rotatable bonds is 4. The summed E-state index contributed by atoms with van der Waals surface area (Å²) in [5, 5.41) is 0. The number of carbonyl (C=O) groups excluding carboxylic acids is 1. The summed E-state index contributed by atoms with van der Waals surface area (Å²) in [6, 6.07) is 0. The monoisotopic (exact) mass is 328 g/mol. The topological polar surface area (TPSA) is 64.2 Å². The van der Waals surface area contributed by atoms with E-state index in [2.05, 4.69) is 20.7 Å². The molecule has 0 N–H and O–H groups in total. The lowest BCUT2D eigenvalue weighted by atomic mass is 9.85. The Kier molecular flexibility index (Phi) is 4.12. The highest BCUT2D eigenvalue weighted by Crippen LogP contribution is 2.31. The van der Waals surface area contributed by atoms with Crippen molar-refractivity contribution in [3.63, 3.8) is 0 Å². The highest BCUT2D eigenvalue weighted by molar-refractivity contribution is 5.93. The average molecular weight is 328 g/mol. The maximum atomic E-state index is 12.7. The third-order valence-corrected chi connectivity index (χ3v) is 5.45. The number of imidazole rings is 1. The highest BCUT2D eigenvalue weighted by Gasteiger charge is 2.30. The largest absolute Gasteiger partial charge is 0.448 e. The number of piperidine rings is 1. The van der Waals surface area contributed by atoms with Gasteiger partial charge in [-0.05, 0) is 38.5 Å². The maximum absolute atomic E-state index is 12.7. The van der Waals surface area contributed by atoms with Crippen LogP contribution in [0.15, 0.2) is 23.2 Å². The molecule has 1 aliphatic heterocycles. The minimum atomic E-state index is -0.0250. The van der Waals surface area contributed by atoms with Crippen LogP contribution in [0.3, 0.4) is 0 Å². The first-order chi connectivity index (χ1) is 11.7. The summed E-state index contributed by atoms with van der Waals surface area (Å²) < 4.78 is 7.49. The molecule has 4 rings (SSSR count). The smallest absolute Gasteiger partial charge is 0.276 e. The second-order valence-electron chi connectivity index (χ2n) is 7.08. The minimum absolute atomic E-state index is 0.0250. The van der Waals surface area contributed by atoms with E-state index in [0.29, 0.717) is 23.9 Å². The second kappa shape index (κ2) is 6.42. The van der Waals surface area contributed by atoms with Gasteiger partial charge in [0.1, 0.15) is 11.6 Å². The molecule has 1 saturated carbocycles. The Morgan fingerprint density at radius 3 is 2.88 bits per heavy atom. The molecule has 128 valence electrons. The van der Waals surface area contributed by atoms with Gasteiger partial charge in [0.25, 0.3) is 5.91 Å². The normalized spacial score (nSPS) is 21.7. The molecular weight excluding hydrogens is 304 g/mol. The summed E-state index contributed by atoms with van der Waals surface area (Å²) in [6.07, 6.45) is 11.4. The number of oxazole rings is 1. The number of nitrogens with zero attached hydrogens (tertiary/aromatic N) is 4. The fourth-order valence-corrected chi connectivity index (χ4v) is 3.82. The van der Waals surface area contributed by atoms with Gasteiger partial charge in [-0.15, -0.1) is 0 Å². The van der Waals surface area contributed by atoms with Crippen molar-refractivity contribution >= 4 is 5.91 Å². The van der Waals surface area contributed by atoms with Crippen LogP contribution in [0.1, 0.15) is 60.1 Å². The molecule has 2 aromatic heterocycles. The van der Waals surface area contributed by atoms with Crippen LogP contribution >= 0.6 is 0 Å². The van der Waals surface area contributed by atoms with Crippen molar-refractivity contribution in [1.82, 2.24) is 19.4 Å². The minimum Gasteiger partial charge on any atom is -0.448 e. The second-order valence-corrected chi connectivity index (χ2v) is 7.08. The zero-order valence-corrected chi connectivity index (χ0v) is 14.1. The summed E-state index contributed by atoms with van der Waals surface area (Å²) in [5.41, 5.74) is 0.438. The fourth-order valence-electron chi connectivity index (χ4n) is 3.82. The lowest BCUT2D eigenvalue weighted by molar-refractivity contribution is 0.0695. The van der Waals surface area contributed by atoms with Crippen LogP contribution in [0.25, 0.3) is 0 Å². The van der Waals surface area contributed by atoms with E-state index >= 15 is 0 Å². The Hall–Kier alpha value is -2.11. The summed E-state index contributed by atoms with van der Waals surface area (Å²) >= 11 is 0. The SMILES string of the molecule is Cc1ocnc1C(=O)N1CCC[C@H](c2nccn2CC2CCC2)C1. The summed E-state index contributed by atoms with van der Waals surface area (Å²) in [5.74, 6) is 2.81. The third-order valence-electron chi connectivity index (χ3n) is 5.45. The molecule has 0 spiro atoms. The van der Waals surface area contributed by atoms with E-state index in [1.165, 1.54) is 25.7 Å². The first-order valence-electron chi connectivity index (χ1n) is 8.92. The zero-order valence-electron chi connectivity index (χ0n) is 14.1. The number of aryl methyl sites for hydroxylation is 1. The van der Waals surface area contributed by atoms with Crippen LogP contribution in [0.2, 0.25) is 0 Å². The van der Waals surface area contributed by atoms with Crippen LogP contribution < -0.4 is 0 Å². The number of likely N-dealkylation sites (tertiary alicyclic amines) is 1.